The number of hydrogen-bond acceptors (Lipinski definition) is 4. The van der Waals surface area contributed by atoms with Gasteiger partial charge in [-0.15, -0.1) is 0 Å². The second-order valence-corrected chi connectivity index (χ2v) is 9.83. The second-order valence-electron chi connectivity index (χ2n) is 9.83. The summed E-state index contributed by atoms with van der Waals surface area (Å²) in [6.45, 7) is 1.60. The van der Waals surface area contributed by atoms with Gasteiger partial charge in [0.05, 0.1) is 5.69 Å². The molecule has 6 rings (SSSR count). The number of aromatic hydroxyl groups is 1. The van der Waals surface area contributed by atoms with Crippen molar-refractivity contribution in [3.8, 4) is 17.1 Å². The number of likely N-dealkylation sites (tertiary alicyclic amines) is 1. The third-order valence-electron chi connectivity index (χ3n) is 7.37. The molecule has 1 unspecified atom stereocenters. The van der Waals surface area contributed by atoms with Gasteiger partial charge < -0.3 is 19.9 Å². The lowest BCUT2D eigenvalue weighted by Gasteiger charge is -2.20. The van der Waals surface area contributed by atoms with Gasteiger partial charge in [-0.1, -0.05) is 24.3 Å². The van der Waals surface area contributed by atoms with E-state index in [-0.39, 0.29) is 11.8 Å². The molecule has 0 bridgehead atoms. The van der Waals surface area contributed by atoms with Crippen molar-refractivity contribution in [3.63, 3.8) is 0 Å². The Labute approximate surface area is 209 Å². The van der Waals surface area contributed by atoms with Gasteiger partial charge in [-0.2, -0.15) is 0 Å². The fraction of sp³-hybridized carbons (Fsp3) is 0.241. The van der Waals surface area contributed by atoms with E-state index in [4.69, 9.17) is 0 Å². The Kier molecular flexibility index (Phi) is 5.49. The first-order valence-corrected chi connectivity index (χ1v) is 12.3. The number of hydrogen-bond donors (Lipinski definition) is 2. The van der Waals surface area contributed by atoms with Crippen LogP contribution in [0.15, 0.2) is 73.2 Å². The number of benzene rings is 2. The van der Waals surface area contributed by atoms with E-state index in [0.29, 0.717) is 6.04 Å². The first-order valence-electron chi connectivity index (χ1n) is 12.3. The molecule has 36 heavy (non-hydrogen) atoms. The highest BCUT2D eigenvalue weighted by Crippen LogP contribution is 2.30. The molecule has 2 aromatic carbocycles. The number of aromatic amines is 1. The lowest BCUT2D eigenvalue weighted by molar-refractivity contribution is 0.0783. The minimum absolute atomic E-state index is 0.110. The average molecular weight is 480 g/mol. The van der Waals surface area contributed by atoms with Crippen LogP contribution in [0, 0.1) is 0 Å². The van der Waals surface area contributed by atoms with Gasteiger partial charge in [-0.05, 0) is 67.5 Å². The van der Waals surface area contributed by atoms with Crippen LogP contribution in [0.25, 0.3) is 27.7 Å². The Morgan fingerprint density at radius 3 is 2.75 bits per heavy atom. The van der Waals surface area contributed by atoms with Crippen molar-refractivity contribution in [2.75, 3.05) is 27.2 Å². The van der Waals surface area contributed by atoms with E-state index in [9.17, 15) is 9.90 Å². The quantitative estimate of drug-likeness (QED) is 0.388. The average Bonchev–Trinajstić information content (AvgIpc) is 3.65. The number of aromatic nitrogens is 3. The van der Waals surface area contributed by atoms with Crippen LogP contribution in [-0.4, -0.2) is 68.4 Å². The molecule has 5 aromatic rings. The maximum atomic E-state index is 13.0. The Bertz CT molecular complexity index is 1560. The van der Waals surface area contributed by atoms with Crippen LogP contribution >= 0.6 is 0 Å². The van der Waals surface area contributed by atoms with Gasteiger partial charge in [0.25, 0.3) is 5.91 Å². The fourth-order valence-electron chi connectivity index (χ4n) is 5.24. The van der Waals surface area contributed by atoms with Crippen molar-refractivity contribution in [2.45, 2.75) is 18.9 Å². The van der Waals surface area contributed by atoms with Crippen molar-refractivity contribution in [3.05, 3.63) is 89.9 Å². The van der Waals surface area contributed by atoms with Crippen LogP contribution in [0.5, 0.6) is 5.88 Å². The van der Waals surface area contributed by atoms with Gasteiger partial charge in [0.15, 0.2) is 5.88 Å². The van der Waals surface area contributed by atoms with E-state index in [0.717, 1.165) is 70.3 Å². The lowest BCUT2D eigenvalue weighted by Crippen LogP contribution is -2.34. The molecule has 0 aliphatic carbocycles. The summed E-state index contributed by atoms with van der Waals surface area (Å²) < 4.78 is 2.11. The highest BCUT2D eigenvalue weighted by Gasteiger charge is 2.28. The van der Waals surface area contributed by atoms with Crippen LogP contribution < -0.4 is 0 Å². The molecule has 1 saturated heterocycles. The molecule has 7 nitrogen and oxygen atoms in total. The van der Waals surface area contributed by atoms with Gasteiger partial charge >= 0.3 is 0 Å². The monoisotopic (exact) mass is 479 g/mol. The summed E-state index contributed by atoms with van der Waals surface area (Å²) in [5, 5.41) is 11.7. The Morgan fingerprint density at radius 1 is 1.14 bits per heavy atom. The minimum Gasteiger partial charge on any atom is -0.494 e. The number of imidazole rings is 1. The first-order chi connectivity index (χ1) is 17.5. The van der Waals surface area contributed by atoms with E-state index in [2.05, 4.69) is 51.6 Å². The largest absolute Gasteiger partial charge is 0.494 e. The molecule has 0 radical (unpaired) electrons. The van der Waals surface area contributed by atoms with Gasteiger partial charge in [0.1, 0.15) is 5.65 Å². The molecule has 1 aliphatic heterocycles. The van der Waals surface area contributed by atoms with E-state index < -0.39 is 0 Å². The third-order valence-corrected chi connectivity index (χ3v) is 7.37. The Hall–Kier alpha value is -4.10. The number of likely N-dealkylation sites (N-methyl/N-ethyl adjacent to an activating group) is 1. The number of carbonyl (C=O) groups is 1. The van der Waals surface area contributed by atoms with Crippen LogP contribution in [0.2, 0.25) is 0 Å². The molecular formula is C29H29N5O2. The fourth-order valence-corrected chi connectivity index (χ4v) is 5.24. The number of fused-ring (bicyclic) bond motifs is 2. The maximum absolute atomic E-state index is 13.0. The van der Waals surface area contributed by atoms with E-state index in [1.54, 1.807) is 0 Å². The summed E-state index contributed by atoms with van der Waals surface area (Å²) in [5.41, 5.74) is 6.01. The predicted octanol–water partition coefficient (Wildman–Crippen LogP) is 4.56. The Balaban J connectivity index is 1.23. The highest BCUT2D eigenvalue weighted by atomic mass is 16.3. The molecule has 1 amide bonds. The number of amides is 1. The van der Waals surface area contributed by atoms with Crippen LogP contribution in [0.1, 0.15) is 27.9 Å². The van der Waals surface area contributed by atoms with Crippen molar-refractivity contribution in [1.29, 1.82) is 0 Å². The van der Waals surface area contributed by atoms with Crippen molar-refractivity contribution < 1.29 is 9.90 Å². The maximum Gasteiger partial charge on any atom is 0.253 e. The number of rotatable bonds is 5. The van der Waals surface area contributed by atoms with Crippen molar-refractivity contribution in [1.82, 2.24) is 24.2 Å². The molecule has 7 heteroatoms. The SMILES string of the molecule is CN(C)C1CCN(C(=O)c2ccc(Cc3ccc(-c4ccc5c(O)[nH]cc5c4)n4ccnc34)cc2)C1. The van der Waals surface area contributed by atoms with E-state index in [1.807, 2.05) is 59.9 Å². The normalized spacial score (nSPS) is 16.0. The number of nitrogens with one attached hydrogen (secondary N) is 1. The van der Waals surface area contributed by atoms with E-state index in [1.165, 1.54) is 0 Å². The van der Waals surface area contributed by atoms with Crippen LogP contribution in [0.4, 0.5) is 0 Å². The first kappa shape index (κ1) is 22.4. The highest BCUT2D eigenvalue weighted by molar-refractivity contribution is 5.94. The summed E-state index contributed by atoms with van der Waals surface area (Å²) in [4.78, 5) is 24.6. The van der Waals surface area contributed by atoms with Gasteiger partial charge in [-0.3, -0.25) is 9.20 Å². The summed E-state index contributed by atoms with van der Waals surface area (Å²) in [6, 6.07) is 18.7. The smallest absolute Gasteiger partial charge is 0.253 e. The zero-order valence-corrected chi connectivity index (χ0v) is 20.5. The number of carbonyl (C=O) groups excluding carboxylic acids is 1. The van der Waals surface area contributed by atoms with Crippen molar-refractivity contribution in [2.24, 2.45) is 0 Å². The molecule has 1 aliphatic rings. The summed E-state index contributed by atoms with van der Waals surface area (Å²) in [7, 11) is 4.14. The minimum atomic E-state index is 0.110. The zero-order chi connectivity index (χ0) is 24.8. The molecule has 1 atom stereocenters. The summed E-state index contributed by atoms with van der Waals surface area (Å²) in [6.07, 6.45) is 7.36. The molecule has 2 N–H and O–H groups in total. The van der Waals surface area contributed by atoms with Crippen LogP contribution in [0.3, 0.4) is 0 Å². The molecule has 0 spiro atoms. The van der Waals surface area contributed by atoms with Crippen molar-refractivity contribution >= 4 is 22.3 Å². The zero-order valence-electron chi connectivity index (χ0n) is 20.5. The standard InChI is InChI=1S/C29H29N5O2/c1-32(2)24-11-13-33(18-24)29(36)20-5-3-19(4-6-20)15-22-8-10-26(34-14-12-30-27(22)34)21-7-9-25-23(16-21)17-31-28(25)35/h3-10,12,14,16-17,24,31,35H,11,13,15,18H2,1-2H3. The molecule has 3 aromatic heterocycles. The molecule has 4 heterocycles. The predicted molar refractivity (Wildman–Crippen MR) is 141 cm³/mol. The van der Waals surface area contributed by atoms with Gasteiger partial charge in [-0.25, -0.2) is 4.98 Å². The molecule has 182 valence electrons. The van der Waals surface area contributed by atoms with Gasteiger partial charge in [0.2, 0.25) is 0 Å². The van der Waals surface area contributed by atoms with Crippen LogP contribution in [-0.2, 0) is 6.42 Å². The lowest BCUT2D eigenvalue weighted by atomic mass is 10.0. The molecule has 0 saturated carbocycles. The van der Waals surface area contributed by atoms with Gasteiger partial charge in [0, 0.05) is 60.5 Å². The number of H-pyrrole nitrogens is 1. The third kappa shape index (κ3) is 3.91. The van der Waals surface area contributed by atoms with E-state index >= 15 is 0 Å². The second kappa shape index (κ2) is 8.84. The molecular weight excluding hydrogens is 450 g/mol. The number of nitrogens with zero attached hydrogens (tertiary/aromatic N) is 4. The molecule has 1 fully saturated rings. The summed E-state index contributed by atoms with van der Waals surface area (Å²) in [5.74, 6) is 0.296. The topological polar surface area (TPSA) is 76.9 Å². The summed E-state index contributed by atoms with van der Waals surface area (Å²) >= 11 is 0. The number of pyridine rings is 1. The Morgan fingerprint density at radius 2 is 1.97 bits per heavy atom.